The number of carbonyl (C=O) groups is 1. The van der Waals surface area contributed by atoms with Crippen molar-refractivity contribution in [3.05, 3.63) is 30.1 Å². The Bertz CT molecular complexity index is 311. The number of nitrogens with two attached hydrogens (primary N) is 1. The van der Waals surface area contributed by atoms with Crippen LogP contribution in [0.3, 0.4) is 0 Å². The van der Waals surface area contributed by atoms with Crippen molar-refractivity contribution in [1.29, 1.82) is 0 Å². The maximum Gasteiger partial charge on any atom is 0.239 e. The number of nitrogens with one attached hydrogen (secondary N) is 1. The zero-order chi connectivity index (χ0) is 11.3. The smallest absolute Gasteiger partial charge is 0.239 e. The van der Waals surface area contributed by atoms with Crippen molar-refractivity contribution in [2.24, 2.45) is 11.7 Å². The van der Waals surface area contributed by atoms with Gasteiger partial charge in [0.1, 0.15) is 6.04 Å². The Balaban J connectivity index is 2.71. The topological polar surface area (TPSA) is 68.0 Å². The van der Waals surface area contributed by atoms with Gasteiger partial charge < -0.3 is 11.1 Å². The SMILES string of the molecule is CC(C)CNC(C(N)=O)c1ccncc1. The van der Waals surface area contributed by atoms with Crippen LogP contribution in [-0.4, -0.2) is 17.4 Å². The summed E-state index contributed by atoms with van der Waals surface area (Å²) in [6, 6.07) is 3.17. The molecule has 0 aromatic carbocycles. The van der Waals surface area contributed by atoms with Crippen molar-refractivity contribution in [2.75, 3.05) is 6.54 Å². The van der Waals surface area contributed by atoms with Gasteiger partial charge in [0.05, 0.1) is 0 Å². The Morgan fingerprint density at radius 2 is 2.07 bits per heavy atom. The third-order valence-electron chi connectivity index (χ3n) is 2.05. The molecule has 0 aliphatic rings. The molecule has 1 aromatic rings. The Labute approximate surface area is 89.9 Å². The van der Waals surface area contributed by atoms with Gasteiger partial charge in [-0.25, -0.2) is 0 Å². The second-order valence-electron chi connectivity index (χ2n) is 3.92. The molecule has 82 valence electrons. The van der Waals surface area contributed by atoms with Crippen molar-refractivity contribution in [3.63, 3.8) is 0 Å². The van der Waals surface area contributed by atoms with Gasteiger partial charge >= 0.3 is 0 Å². The van der Waals surface area contributed by atoms with Crippen LogP contribution in [0.4, 0.5) is 0 Å². The summed E-state index contributed by atoms with van der Waals surface area (Å²) < 4.78 is 0. The van der Waals surface area contributed by atoms with Gasteiger partial charge in [0.2, 0.25) is 5.91 Å². The van der Waals surface area contributed by atoms with Crippen molar-refractivity contribution >= 4 is 5.91 Å². The molecule has 0 radical (unpaired) electrons. The normalized spacial score (nSPS) is 12.7. The van der Waals surface area contributed by atoms with Gasteiger partial charge in [-0.3, -0.25) is 9.78 Å². The van der Waals surface area contributed by atoms with Crippen LogP contribution in [0.2, 0.25) is 0 Å². The quantitative estimate of drug-likeness (QED) is 0.752. The fraction of sp³-hybridized carbons (Fsp3) is 0.455. The average Bonchev–Trinajstić information content (AvgIpc) is 2.18. The molecular weight excluding hydrogens is 190 g/mol. The molecule has 1 unspecified atom stereocenters. The largest absolute Gasteiger partial charge is 0.368 e. The summed E-state index contributed by atoms with van der Waals surface area (Å²) in [6.45, 7) is 4.92. The summed E-state index contributed by atoms with van der Waals surface area (Å²) in [5.74, 6) is 0.121. The molecule has 0 aliphatic carbocycles. The lowest BCUT2D eigenvalue weighted by molar-refractivity contribution is -0.120. The Morgan fingerprint density at radius 1 is 1.47 bits per heavy atom. The number of carbonyl (C=O) groups excluding carboxylic acids is 1. The minimum Gasteiger partial charge on any atom is -0.368 e. The van der Waals surface area contributed by atoms with E-state index < -0.39 is 6.04 Å². The van der Waals surface area contributed by atoms with Gasteiger partial charge in [-0.1, -0.05) is 13.8 Å². The first kappa shape index (κ1) is 11.7. The van der Waals surface area contributed by atoms with E-state index in [9.17, 15) is 4.79 Å². The molecular formula is C11H17N3O. The van der Waals surface area contributed by atoms with Crippen molar-refractivity contribution in [1.82, 2.24) is 10.3 Å². The first-order valence-corrected chi connectivity index (χ1v) is 5.04. The summed E-state index contributed by atoms with van der Waals surface area (Å²) in [6.07, 6.45) is 3.31. The van der Waals surface area contributed by atoms with E-state index in [2.05, 4.69) is 24.1 Å². The van der Waals surface area contributed by atoms with Crippen LogP contribution in [-0.2, 0) is 4.79 Å². The molecule has 0 saturated heterocycles. The number of primary amides is 1. The molecule has 0 bridgehead atoms. The van der Waals surface area contributed by atoms with Crippen molar-refractivity contribution in [3.8, 4) is 0 Å². The molecule has 1 atom stereocenters. The second-order valence-corrected chi connectivity index (χ2v) is 3.92. The lowest BCUT2D eigenvalue weighted by Gasteiger charge is -2.16. The highest BCUT2D eigenvalue weighted by atomic mass is 16.1. The fourth-order valence-electron chi connectivity index (χ4n) is 1.29. The minimum absolute atomic E-state index is 0.359. The number of nitrogens with zero attached hydrogens (tertiary/aromatic N) is 1. The molecule has 1 heterocycles. The molecule has 0 fully saturated rings. The van der Waals surface area contributed by atoms with E-state index in [0.717, 1.165) is 12.1 Å². The second kappa shape index (κ2) is 5.46. The number of hydrogen-bond donors (Lipinski definition) is 2. The predicted molar refractivity (Wildman–Crippen MR) is 59.0 cm³/mol. The predicted octanol–water partition coefficient (Wildman–Crippen LogP) is 0.854. The lowest BCUT2D eigenvalue weighted by atomic mass is 10.1. The number of aromatic nitrogens is 1. The maximum atomic E-state index is 11.3. The van der Waals surface area contributed by atoms with Gasteiger partial charge in [0.25, 0.3) is 0 Å². The van der Waals surface area contributed by atoms with Crippen LogP contribution in [0.15, 0.2) is 24.5 Å². The van der Waals surface area contributed by atoms with E-state index in [-0.39, 0.29) is 5.91 Å². The highest BCUT2D eigenvalue weighted by molar-refractivity contribution is 5.81. The van der Waals surface area contributed by atoms with Gasteiger partial charge in [0.15, 0.2) is 0 Å². The number of hydrogen-bond acceptors (Lipinski definition) is 3. The minimum atomic E-state index is -0.421. The Hall–Kier alpha value is -1.42. The molecule has 15 heavy (non-hydrogen) atoms. The first-order valence-electron chi connectivity index (χ1n) is 5.04. The third-order valence-corrected chi connectivity index (χ3v) is 2.05. The van der Waals surface area contributed by atoms with E-state index in [1.165, 1.54) is 0 Å². The lowest BCUT2D eigenvalue weighted by Crippen LogP contribution is -2.35. The zero-order valence-corrected chi connectivity index (χ0v) is 9.10. The van der Waals surface area contributed by atoms with Crippen LogP contribution in [0, 0.1) is 5.92 Å². The summed E-state index contributed by atoms with van der Waals surface area (Å²) in [4.78, 5) is 15.2. The van der Waals surface area contributed by atoms with E-state index in [4.69, 9.17) is 5.73 Å². The van der Waals surface area contributed by atoms with E-state index in [0.29, 0.717) is 5.92 Å². The summed E-state index contributed by atoms with van der Waals surface area (Å²) >= 11 is 0. The molecule has 3 N–H and O–H groups in total. The molecule has 4 nitrogen and oxygen atoms in total. The van der Waals surface area contributed by atoms with Gasteiger partial charge in [-0.15, -0.1) is 0 Å². The Morgan fingerprint density at radius 3 is 2.53 bits per heavy atom. The van der Waals surface area contributed by atoms with Crippen molar-refractivity contribution < 1.29 is 4.79 Å². The monoisotopic (exact) mass is 207 g/mol. The number of rotatable bonds is 5. The molecule has 0 aliphatic heterocycles. The Kier molecular flexibility index (Phi) is 4.24. The molecule has 1 rings (SSSR count). The van der Waals surface area contributed by atoms with Crippen LogP contribution >= 0.6 is 0 Å². The standard InChI is InChI=1S/C11H17N3O/c1-8(2)7-14-10(11(12)15)9-3-5-13-6-4-9/h3-6,8,10,14H,7H2,1-2H3,(H2,12,15). The highest BCUT2D eigenvalue weighted by Crippen LogP contribution is 2.11. The first-order chi connectivity index (χ1) is 7.11. The van der Waals surface area contributed by atoms with Crippen LogP contribution in [0.5, 0.6) is 0 Å². The number of pyridine rings is 1. The zero-order valence-electron chi connectivity index (χ0n) is 9.10. The molecule has 0 saturated carbocycles. The third kappa shape index (κ3) is 3.67. The van der Waals surface area contributed by atoms with Gasteiger partial charge in [-0.2, -0.15) is 0 Å². The fourth-order valence-corrected chi connectivity index (χ4v) is 1.29. The maximum absolute atomic E-state index is 11.3. The summed E-state index contributed by atoms with van der Waals surface area (Å²) in [5.41, 5.74) is 6.19. The molecule has 4 heteroatoms. The summed E-state index contributed by atoms with van der Waals surface area (Å²) in [7, 11) is 0. The summed E-state index contributed by atoms with van der Waals surface area (Å²) in [5, 5.41) is 3.13. The van der Waals surface area contributed by atoms with E-state index >= 15 is 0 Å². The molecule has 1 aromatic heterocycles. The number of amides is 1. The highest BCUT2D eigenvalue weighted by Gasteiger charge is 2.16. The van der Waals surface area contributed by atoms with Gasteiger partial charge in [0, 0.05) is 12.4 Å². The van der Waals surface area contributed by atoms with E-state index in [1.807, 2.05) is 0 Å². The van der Waals surface area contributed by atoms with E-state index in [1.54, 1.807) is 24.5 Å². The van der Waals surface area contributed by atoms with Crippen LogP contribution < -0.4 is 11.1 Å². The van der Waals surface area contributed by atoms with Crippen molar-refractivity contribution in [2.45, 2.75) is 19.9 Å². The molecule has 0 spiro atoms. The van der Waals surface area contributed by atoms with Crippen LogP contribution in [0.25, 0.3) is 0 Å². The molecule has 1 amide bonds. The average molecular weight is 207 g/mol. The van der Waals surface area contributed by atoms with Gasteiger partial charge in [-0.05, 0) is 30.2 Å². The van der Waals surface area contributed by atoms with Crippen LogP contribution in [0.1, 0.15) is 25.5 Å².